The lowest BCUT2D eigenvalue weighted by Crippen LogP contribution is -1.91. The van der Waals surface area contributed by atoms with Crippen LogP contribution in [0.4, 0.5) is 5.13 Å². The summed E-state index contributed by atoms with van der Waals surface area (Å²) in [6.07, 6.45) is 0. The van der Waals surface area contributed by atoms with Crippen LogP contribution in [0.25, 0.3) is 11.3 Å². The van der Waals surface area contributed by atoms with Crippen LogP contribution in [0.15, 0.2) is 22.7 Å². The molecule has 6 heteroatoms. The Bertz CT molecular complexity index is 618. The van der Waals surface area contributed by atoms with Crippen LogP contribution in [0, 0.1) is 11.3 Å². The Morgan fingerprint density at radius 1 is 1.50 bits per heavy atom. The first kappa shape index (κ1) is 12.9. The van der Waals surface area contributed by atoms with E-state index in [1.54, 1.807) is 14.2 Å². The van der Waals surface area contributed by atoms with Crippen molar-refractivity contribution in [3.63, 3.8) is 0 Å². The summed E-state index contributed by atoms with van der Waals surface area (Å²) in [5.74, 6) is 0.697. The molecule has 0 radical (unpaired) electrons. The van der Waals surface area contributed by atoms with E-state index in [-0.39, 0.29) is 0 Å². The van der Waals surface area contributed by atoms with E-state index in [0.29, 0.717) is 21.5 Å². The van der Waals surface area contributed by atoms with Gasteiger partial charge in [0.05, 0.1) is 7.11 Å². The summed E-state index contributed by atoms with van der Waals surface area (Å²) in [4.78, 5) is 4.97. The first-order valence-electron chi connectivity index (χ1n) is 5.12. The fourth-order valence-electron chi connectivity index (χ4n) is 1.55. The molecule has 0 aliphatic heterocycles. The lowest BCUT2D eigenvalue weighted by Gasteiger charge is -2.06. The summed E-state index contributed by atoms with van der Waals surface area (Å²) in [6.45, 7) is 0. The topological polar surface area (TPSA) is 57.9 Å². The highest BCUT2D eigenvalue weighted by Gasteiger charge is 2.16. The van der Waals surface area contributed by atoms with E-state index in [1.807, 2.05) is 18.2 Å². The predicted molar refractivity (Wildman–Crippen MR) is 76.1 cm³/mol. The molecular formula is C12H10BrN3OS. The number of hydrogen-bond acceptors (Lipinski definition) is 5. The van der Waals surface area contributed by atoms with E-state index in [9.17, 15) is 0 Å². The normalized spacial score (nSPS) is 9.89. The molecule has 1 aromatic heterocycles. The van der Waals surface area contributed by atoms with Gasteiger partial charge in [-0.05, 0) is 18.2 Å². The number of methoxy groups -OCH3 is 1. The second kappa shape index (κ2) is 5.38. The minimum Gasteiger partial charge on any atom is -0.496 e. The standard InChI is InChI=1S/C12H10BrN3OS/c1-15-12-16-11(10(6-14)18-12)8-5-7(13)3-4-9(8)17-2/h3-5H,1-2H3,(H,15,16). The van der Waals surface area contributed by atoms with Gasteiger partial charge in [0.15, 0.2) is 5.13 Å². The Morgan fingerprint density at radius 2 is 2.28 bits per heavy atom. The minimum absolute atomic E-state index is 0.566. The zero-order valence-electron chi connectivity index (χ0n) is 9.82. The van der Waals surface area contributed by atoms with Crippen molar-refractivity contribution < 1.29 is 4.74 Å². The number of aromatic nitrogens is 1. The number of rotatable bonds is 3. The molecule has 0 spiro atoms. The third-order valence-electron chi connectivity index (χ3n) is 2.36. The lowest BCUT2D eigenvalue weighted by atomic mass is 10.1. The zero-order valence-corrected chi connectivity index (χ0v) is 12.2. The van der Waals surface area contributed by atoms with Crippen molar-refractivity contribution in [3.05, 3.63) is 27.5 Å². The fourth-order valence-corrected chi connectivity index (χ4v) is 2.64. The number of benzene rings is 1. The van der Waals surface area contributed by atoms with Crippen LogP contribution in [-0.4, -0.2) is 19.1 Å². The van der Waals surface area contributed by atoms with E-state index in [4.69, 9.17) is 10.00 Å². The third-order valence-corrected chi connectivity index (χ3v) is 3.83. The monoisotopic (exact) mass is 323 g/mol. The Labute approximate surface area is 117 Å². The molecule has 0 aliphatic carbocycles. The number of thiazole rings is 1. The molecule has 0 saturated carbocycles. The number of halogens is 1. The molecule has 1 aromatic carbocycles. The lowest BCUT2D eigenvalue weighted by molar-refractivity contribution is 0.416. The quantitative estimate of drug-likeness (QED) is 0.939. The molecular weight excluding hydrogens is 314 g/mol. The summed E-state index contributed by atoms with van der Waals surface area (Å²) in [5.41, 5.74) is 1.45. The number of nitrogens with zero attached hydrogens (tertiary/aromatic N) is 2. The van der Waals surface area contributed by atoms with E-state index >= 15 is 0 Å². The Hall–Kier alpha value is -1.58. The third kappa shape index (κ3) is 2.33. The highest BCUT2D eigenvalue weighted by molar-refractivity contribution is 9.10. The average molecular weight is 324 g/mol. The van der Waals surface area contributed by atoms with E-state index in [1.165, 1.54) is 11.3 Å². The van der Waals surface area contributed by atoms with Crippen molar-refractivity contribution in [2.45, 2.75) is 0 Å². The maximum absolute atomic E-state index is 9.16. The number of ether oxygens (including phenoxy) is 1. The second-order valence-electron chi connectivity index (χ2n) is 3.40. The second-order valence-corrected chi connectivity index (χ2v) is 5.32. The molecule has 4 nitrogen and oxygen atoms in total. The van der Waals surface area contributed by atoms with Gasteiger partial charge >= 0.3 is 0 Å². The van der Waals surface area contributed by atoms with Crippen molar-refractivity contribution in [3.8, 4) is 23.1 Å². The summed E-state index contributed by atoms with van der Waals surface area (Å²) in [6, 6.07) is 7.80. The summed E-state index contributed by atoms with van der Waals surface area (Å²) < 4.78 is 6.23. The highest BCUT2D eigenvalue weighted by Crippen LogP contribution is 2.37. The van der Waals surface area contributed by atoms with Crippen molar-refractivity contribution in [1.82, 2.24) is 4.98 Å². The predicted octanol–water partition coefficient (Wildman–Crippen LogP) is 3.49. The zero-order chi connectivity index (χ0) is 13.1. The van der Waals surface area contributed by atoms with Crippen LogP contribution < -0.4 is 10.1 Å². The Morgan fingerprint density at radius 3 is 2.89 bits per heavy atom. The molecule has 2 rings (SSSR count). The van der Waals surface area contributed by atoms with Gasteiger partial charge in [-0.3, -0.25) is 0 Å². The van der Waals surface area contributed by atoms with Crippen LogP contribution in [0.2, 0.25) is 0 Å². The average Bonchev–Trinajstić information content (AvgIpc) is 2.81. The van der Waals surface area contributed by atoms with Crippen LogP contribution in [0.5, 0.6) is 5.75 Å². The van der Waals surface area contributed by atoms with Crippen LogP contribution in [-0.2, 0) is 0 Å². The first-order valence-corrected chi connectivity index (χ1v) is 6.73. The number of anilines is 1. The Kier molecular flexibility index (Phi) is 3.84. The molecule has 1 N–H and O–H groups in total. The highest BCUT2D eigenvalue weighted by atomic mass is 79.9. The Balaban J connectivity index is 2.64. The fraction of sp³-hybridized carbons (Fsp3) is 0.167. The number of nitriles is 1. The SMILES string of the molecule is CNc1nc(-c2cc(Br)ccc2OC)c(C#N)s1. The van der Waals surface area contributed by atoms with Crippen molar-refractivity contribution >= 4 is 32.4 Å². The molecule has 0 aliphatic rings. The summed E-state index contributed by atoms with van der Waals surface area (Å²) in [5, 5.41) is 12.8. The van der Waals surface area contributed by atoms with Crippen LogP contribution in [0.1, 0.15) is 4.88 Å². The van der Waals surface area contributed by atoms with Gasteiger partial charge in [-0.2, -0.15) is 5.26 Å². The molecule has 18 heavy (non-hydrogen) atoms. The molecule has 0 fully saturated rings. The van der Waals surface area contributed by atoms with Crippen LogP contribution in [0.3, 0.4) is 0 Å². The maximum atomic E-state index is 9.16. The van der Waals surface area contributed by atoms with E-state index in [2.05, 4.69) is 32.3 Å². The van der Waals surface area contributed by atoms with Gasteiger partial charge in [0, 0.05) is 17.1 Å². The summed E-state index contributed by atoms with van der Waals surface area (Å²) in [7, 11) is 3.38. The van der Waals surface area contributed by atoms with Gasteiger partial charge < -0.3 is 10.1 Å². The van der Waals surface area contributed by atoms with Crippen molar-refractivity contribution in [2.24, 2.45) is 0 Å². The van der Waals surface area contributed by atoms with E-state index < -0.39 is 0 Å². The van der Waals surface area contributed by atoms with Crippen molar-refractivity contribution in [1.29, 1.82) is 5.26 Å². The molecule has 1 heterocycles. The van der Waals surface area contributed by atoms with Gasteiger partial charge in [0.1, 0.15) is 22.4 Å². The van der Waals surface area contributed by atoms with Gasteiger partial charge in [0.25, 0.3) is 0 Å². The van der Waals surface area contributed by atoms with Gasteiger partial charge in [0.2, 0.25) is 0 Å². The first-order chi connectivity index (χ1) is 8.69. The van der Waals surface area contributed by atoms with Crippen molar-refractivity contribution in [2.75, 3.05) is 19.5 Å². The molecule has 0 unspecified atom stereocenters. The number of hydrogen-bond donors (Lipinski definition) is 1. The van der Waals surface area contributed by atoms with Gasteiger partial charge in [-0.25, -0.2) is 4.98 Å². The maximum Gasteiger partial charge on any atom is 0.184 e. The molecule has 0 atom stereocenters. The van der Waals surface area contributed by atoms with Gasteiger partial charge in [-0.1, -0.05) is 27.3 Å². The van der Waals surface area contributed by atoms with E-state index in [0.717, 1.165) is 10.0 Å². The smallest absolute Gasteiger partial charge is 0.184 e. The molecule has 0 saturated heterocycles. The summed E-state index contributed by atoms with van der Waals surface area (Å²) >= 11 is 4.74. The van der Waals surface area contributed by atoms with Crippen LogP contribution >= 0.6 is 27.3 Å². The minimum atomic E-state index is 0.566. The molecule has 2 aromatic rings. The molecule has 0 bridgehead atoms. The number of nitrogens with one attached hydrogen (secondary N) is 1. The van der Waals surface area contributed by atoms with Gasteiger partial charge in [-0.15, -0.1) is 0 Å². The largest absolute Gasteiger partial charge is 0.496 e. The molecule has 92 valence electrons. The molecule has 0 amide bonds.